The third kappa shape index (κ3) is 7.78. The maximum atomic E-state index is 11.2. The maximum absolute atomic E-state index is 11.2. The van der Waals surface area contributed by atoms with Gasteiger partial charge in [-0.05, 0) is 96.1 Å². The smallest absolute Gasteiger partial charge is 0.122 e. The Bertz CT molecular complexity index is 875. The lowest BCUT2D eigenvalue weighted by Gasteiger charge is -2.31. The van der Waals surface area contributed by atoms with Gasteiger partial charge in [0, 0.05) is 19.1 Å². The van der Waals surface area contributed by atoms with Gasteiger partial charge in [0.2, 0.25) is 0 Å². The Hall–Kier alpha value is -2.00. The fourth-order valence-electron chi connectivity index (χ4n) is 5.49. The monoisotopic (exact) mass is 523 g/mol. The van der Waals surface area contributed by atoms with Gasteiger partial charge in [0.25, 0.3) is 0 Å². The van der Waals surface area contributed by atoms with Gasteiger partial charge in [-0.1, -0.05) is 93.0 Å². The van der Waals surface area contributed by atoms with E-state index in [0.717, 1.165) is 73.9 Å². The van der Waals surface area contributed by atoms with Crippen molar-refractivity contribution in [2.24, 2.45) is 0 Å². The summed E-state index contributed by atoms with van der Waals surface area (Å²) in [5.41, 5.74) is 6.94. The molecule has 5 unspecified atom stereocenters. The van der Waals surface area contributed by atoms with E-state index < -0.39 is 0 Å². The van der Waals surface area contributed by atoms with Crippen LogP contribution >= 0.6 is 0 Å². The molecule has 2 N–H and O–H groups in total. The number of hydrogen-bond acceptors (Lipinski definition) is 3. The molecule has 0 fully saturated rings. The van der Waals surface area contributed by atoms with Gasteiger partial charge in [-0.25, -0.2) is 0 Å². The van der Waals surface area contributed by atoms with Crippen LogP contribution in [-0.2, 0) is 13.1 Å². The van der Waals surface area contributed by atoms with Crippen LogP contribution in [0.2, 0.25) is 0 Å². The quantitative estimate of drug-likeness (QED) is 0.244. The zero-order chi connectivity index (χ0) is 28.6. The van der Waals surface area contributed by atoms with E-state index in [1.807, 2.05) is 0 Å². The topological polar surface area (TPSA) is 43.7 Å². The van der Waals surface area contributed by atoms with Gasteiger partial charge in [-0.15, -0.1) is 0 Å². The SMILES string of the molecule is CCCC(C)N(Cc1cc(C(C)CC)c(O)c(C(C)CC)c1)Cc1cc(C(C)CC)c(O)c(C(C)CC)c1. The predicted octanol–water partition coefficient (Wildman–Crippen LogP) is 10.3. The molecule has 38 heavy (non-hydrogen) atoms. The number of aromatic hydroxyl groups is 2. The van der Waals surface area contributed by atoms with Crippen molar-refractivity contribution in [2.75, 3.05) is 0 Å². The predicted molar refractivity (Wildman–Crippen MR) is 165 cm³/mol. The highest BCUT2D eigenvalue weighted by molar-refractivity contribution is 5.48. The van der Waals surface area contributed by atoms with E-state index in [0.29, 0.717) is 41.2 Å². The summed E-state index contributed by atoms with van der Waals surface area (Å²) in [6.45, 7) is 24.0. The summed E-state index contributed by atoms with van der Waals surface area (Å²) in [7, 11) is 0. The third-order valence-corrected chi connectivity index (χ3v) is 9.13. The lowest BCUT2D eigenvalue weighted by molar-refractivity contribution is 0.180. The van der Waals surface area contributed by atoms with Gasteiger partial charge in [0.05, 0.1) is 0 Å². The van der Waals surface area contributed by atoms with Crippen LogP contribution in [0, 0.1) is 0 Å². The number of nitrogens with zero attached hydrogens (tertiary/aromatic N) is 1. The molecule has 3 nitrogen and oxygen atoms in total. The van der Waals surface area contributed by atoms with Crippen LogP contribution in [0.5, 0.6) is 11.5 Å². The molecule has 2 rings (SSSR count). The summed E-state index contributed by atoms with van der Waals surface area (Å²) in [5, 5.41) is 22.4. The van der Waals surface area contributed by atoms with Gasteiger partial charge in [-0.3, -0.25) is 4.90 Å². The van der Waals surface area contributed by atoms with Crippen molar-refractivity contribution in [3.8, 4) is 11.5 Å². The molecular formula is C35H57NO2. The average molecular weight is 524 g/mol. The van der Waals surface area contributed by atoms with Crippen molar-refractivity contribution in [3.05, 3.63) is 57.6 Å². The molecule has 0 radical (unpaired) electrons. The maximum Gasteiger partial charge on any atom is 0.122 e. The van der Waals surface area contributed by atoms with Crippen molar-refractivity contribution < 1.29 is 10.2 Å². The highest BCUT2D eigenvalue weighted by Gasteiger charge is 2.23. The molecule has 0 saturated heterocycles. The number of hydrogen-bond donors (Lipinski definition) is 2. The number of benzene rings is 2. The molecule has 3 heteroatoms. The van der Waals surface area contributed by atoms with Gasteiger partial charge in [-0.2, -0.15) is 0 Å². The number of phenols is 2. The molecular weight excluding hydrogens is 466 g/mol. The zero-order valence-corrected chi connectivity index (χ0v) is 26.2. The molecule has 5 atom stereocenters. The molecule has 0 aromatic heterocycles. The Labute approximate surface area is 234 Å². The Balaban J connectivity index is 2.58. The Morgan fingerprint density at radius 1 is 0.553 bits per heavy atom. The fourth-order valence-corrected chi connectivity index (χ4v) is 5.49. The van der Waals surface area contributed by atoms with E-state index in [2.05, 4.69) is 98.4 Å². The molecule has 0 heterocycles. The minimum Gasteiger partial charge on any atom is -0.507 e. The first-order chi connectivity index (χ1) is 18.0. The normalized spacial score (nSPS) is 15.9. The Morgan fingerprint density at radius 3 is 1.08 bits per heavy atom. The van der Waals surface area contributed by atoms with Crippen LogP contribution in [0.3, 0.4) is 0 Å². The van der Waals surface area contributed by atoms with Crippen LogP contribution in [0.25, 0.3) is 0 Å². The second-order valence-electron chi connectivity index (χ2n) is 12.0. The summed E-state index contributed by atoms with van der Waals surface area (Å²) in [6, 6.07) is 9.46. The van der Waals surface area contributed by atoms with Crippen LogP contribution in [0.1, 0.15) is 165 Å². The van der Waals surface area contributed by atoms with Crippen LogP contribution in [0.15, 0.2) is 24.3 Å². The summed E-state index contributed by atoms with van der Waals surface area (Å²) >= 11 is 0. The van der Waals surface area contributed by atoms with E-state index in [-0.39, 0.29) is 0 Å². The molecule has 2 aromatic carbocycles. The molecule has 0 amide bonds. The van der Waals surface area contributed by atoms with E-state index in [1.165, 1.54) is 11.1 Å². The number of phenolic OH excluding ortho intramolecular Hbond substituents is 2. The van der Waals surface area contributed by atoms with Gasteiger partial charge >= 0.3 is 0 Å². The largest absolute Gasteiger partial charge is 0.507 e. The van der Waals surface area contributed by atoms with Gasteiger partial charge in [0.15, 0.2) is 0 Å². The van der Waals surface area contributed by atoms with Crippen molar-refractivity contribution in [1.82, 2.24) is 4.90 Å². The summed E-state index contributed by atoms with van der Waals surface area (Å²) < 4.78 is 0. The highest BCUT2D eigenvalue weighted by Crippen LogP contribution is 2.39. The summed E-state index contributed by atoms with van der Waals surface area (Å²) in [6.07, 6.45) is 6.33. The molecule has 214 valence electrons. The standard InChI is InChI=1S/C35H57NO2/c1-11-16-27(10)36(21-28-17-30(23(6)12-2)34(37)31(18-28)24(7)13-3)22-29-19-32(25(8)14-4)35(38)33(20-29)26(9)15-5/h17-20,23-27,37-38H,11-16,21-22H2,1-10H3. The van der Waals surface area contributed by atoms with Gasteiger partial charge < -0.3 is 10.2 Å². The van der Waals surface area contributed by atoms with Crippen LogP contribution in [-0.4, -0.2) is 21.2 Å². The average Bonchev–Trinajstić information content (AvgIpc) is 2.92. The molecule has 0 aliphatic carbocycles. The molecule has 2 aromatic rings. The molecule has 0 saturated carbocycles. The van der Waals surface area contributed by atoms with Gasteiger partial charge in [0.1, 0.15) is 11.5 Å². The summed E-state index contributed by atoms with van der Waals surface area (Å²) in [5.74, 6) is 2.31. The minimum atomic E-state index is 0.326. The molecule has 0 spiro atoms. The minimum absolute atomic E-state index is 0.326. The first-order valence-electron chi connectivity index (χ1n) is 15.5. The summed E-state index contributed by atoms with van der Waals surface area (Å²) in [4.78, 5) is 2.60. The van der Waals surface area contributed by atoms with Crippen molar-refractivity contribution in [3.63, 3.8) is 0 Å². The first-order valence-corrected chi connectivity index (χ1v) is 15.5. The second-order valence-corrected chi connectivity index (χ2v) is 12.0. The van der Waals surface area contributed by atoms with Crippen molar-refractivity contribution in [1.29, 1.82) is 0 Å². The Kier molecular flexibility index (Phi) is 12.7. The van der Waals surface area contributed by atoms with Crippen LogP contribution < -0.4 is 0 Å². The van der Waals surface area contributed by atoms with E-state index in [4.69, 9.17) is 0 Å². The first kappa shape index (κ1) is 32.2. The molecule has 0 bridgehead atoms. The lowest BCUT2D eigenvalue weighted by Crippen LogP contribution is -2.32. The van der Waals surface area contributed by atoms with Crippen molar-refractivity contribution >= 4 is 0 Å². The molecule has 0 aliphatic rings. The molecule has 0 aliphatic heterocycles. The van der Waals surface area contributed by atoms with E-state index in [1.54, 1.807) is 0 Å². The lowest BCUT2D eigenvalue weighted by atomic mass is 9.87. The van der Waals surface area contributed by atoms with Crippen LogP contribution in [0.4, 0.5) is 0 Å². The Morgan fingerprint density at radius 2 is 0.842 bits per heavy atom. The van der Waals surface area contributed by atoms with E-state index in [9.17, 15) is 10.2 Å². The number of rotatable bonds is 15. The second kappa shape index (κ2) is 15.0. The third-order valence-electron chi connectivity index (χ3n) is 9.13. The fraction of sp³-hybridized carbons (Fsp3) is 0.657. The van der Waals surface area contributed by atoms with E-state index >= 15 is 0 Å². The zero-order valence-electron chi connectivity index (χ0n) is 26.2. The highest BCUT2D eigenvalue weighted by atomic mass is 16.3. The van der Waals surface area contributed by atoms with Crippen molar-refractivity contribution in [2.45, 2.75) is 151 Å².